The van der Waals surface area contributed by atoms with E-state index in [-0.39, 0.29) is 5.56 Å². The molecule has 0 aromatic heterocycles. The third-order valence-corrected chi connectivity index (χ3v) is 2.85. The number of benzene rings is 2. The smallest absolute Gasteiger partial charge is 0.250 e. The van der Waals surface area contributed by atoms with Crippen molar-refractivity contribution in [3.8, 4) is 11.5 Å². The van der Waals surface area contributed by atoms with Gasteiger partial charge in [0.25, 0.3) is 5.91 Å². The molecule has 0 radical (unpaired) electrons. The summed E-state index contributed by atoms with van der Waals surface area (Å²) in [6.45, 7) is 3.99. The molecule has 19 heavy (non-hydrogen) atoms. The average molecular weight is 256 g/mol. The minimum Gasteiger partial charge on any atom is -0.457 e. The summed E-state index contributed by atoms with van der Waals surface area (Å²) in [6.07, 6.45) is 0. The van der Waals surface area contributed by atoms with E-state index in [1.165, 1.54) is 5.56 Å². The Hall–Kier alpha value is -2.49. The van der Waals surface area contributed by atoms with E-state index in [9.17, 15) is 4.79 Å². The van der Waals surface area contributed by atoms with Crippen LogP contribution in [0.3, 0.4) is 0 Å². The maximum absolute atomic E-state index is 11.2. The summed E-state index contributed by atoms with van der Waals surface area (Å²) in [7, 11) is 0. The zero-order chi connectivity index (χ0) is 14.0. The molecule has 2 rings (SSSR count). The summed E-state index contributed by atoms with van der Waals surface area (Å²) < 4.78 is 5.75. The van der Waals surface area contributed by atoms with Gasteiger partial charge in [-0.25, -0.2) is 0 Å². The van der Waals surface area contributed by atoms with E-state index in [0.717, 1.165) is 11.3 Å². The number of ether oxygens (including phenoxy) is 1. The average Bonchev–Trinajstić information content (AvgIpc) is 2.34. The van der Waals surface area contributed by atoms with E-state index in [1.807, 2.05) is 32.0 Å². The van der Waals surface area contributed by atoms with Gasteiger partial charge in [0.05, 0.1) is 5.56 Å². The molecule has 2 aromatic carbocycles. The lowest BCUT2D eigenvalue weighted by Gasteiger charge is -2.11. The van der Waals surface area contributed by atoms with Gasteiger partial charge in [-0.05, 0) is 43.7 Å². The number of amides is 1. The Morgan fingerprint density at radius 3 is 2.47 bits per heavy atom. The molecule has 0 spiro atoms. The number of primary amides is 1. The van der Waals surface area contributed by atoms with Gasteiger partial charge in [0.1, 0.15) is 11.5 Å². The molecule has 0 heterocycles. The molecule has 0 saturated carbocycles. The predicted molar refractivity (Wildman–Crippen MR) is 75.4 cm³/mol. The normalized spacial score (nSPS) is 10.2. The molecule has 0 fully saturated rings. The predicted octanol–water partition coefficient (Wildman–Crippen LogP) is 2.78. The van der Waals surface area contributed by atoms with Crippen LogP contribution in [0.25, 0.3) is 0 Å². The molecule has 4 N–H and O–H groups in total. The lowest BCUT2D eigenvalue weighted by Crippen LogP contribution is -2.13. The first-order valence-corrected chi connectivity index (χ1v) is 5.92. The Balaban J connectivity index is 2.33. The molecule has 98 valence electrons. The molecule has 4 nitrogen and oxygen atoms in total. The first-order valence-electron chi connectivity index (χ1n) is 5.92. The second kappa shape index (κ2) is 5.02. The van der Waals surface area contributed by atoms with E-state index in [4.69, 9.17) is 16.2 Å². The van der Waals surface area contributed by atoms with Gasteiger partial charge in [0.15, 0.2) is 0 Å². The van der Waals surface area contributed by atoms with Crippen LogP contribution in [0.1, 0.15) is 21.5 Å². The van der Waals surface area contributed by atoms with Crippen LogP contribution in [0.2, 0.25) is 0 Å². The summed E-state index contributed by atoms with van der Waals surface area (Å²) in [6, 6.07) is 10.8. The summed E-state index contributed by atoms with van der Waals surface area (Å²) in [5.41, 5.74) is 13.7. The zero-order valence-corrected chi connectivity index (χ0v) is 10.9. The van der Waals surface area contributed by atoms with Gasteiger partial charge in [-0.2, -0.15) is 0 Å². The van der Waals surface area contributed by atoms with Gasteiger partial charge in [-0.15, -0.1) is 0 Å². The highest BCUT2D eigenvalue weighted by Crippen LogP contribution is 2.27. The van der Waals surface area contributed by atoms with Gasteiger partial charge in [-0.3, -0.25) is 4.79 Å². The Bertz CT molecular complexity index is 636. The molecule has 0 atom stereocenters. The highest BCUT2D eigenvalue weighted by atomic mass is 16.5. The maximum atomic E-state index is 11.2. The first-order chi connectivity index (χ1) is 8.97. The standard InChI is InChI=1S/C15H16N2O2/c1-9-3-6-14(10(2)7-9)19-11-4-5-13(16)12(8-11)15(17)18/h3-8H,16H2,1-2H3,(H2,17,18). The van der Waals surface area contributed by atoms with Gasteiger partial charge in [0, 0.05) is 5.69 Å². The van der Waals surface area contributed by atoms with E-state index < -0.39 is 5.91 Å². The molecule has 0 aliphatic rings. The SMILES string of the molecule is Cc1ccc(Oc2ccc(N)c(C(N)=O)c2)c(C)c1. The largest absolute Gasteiger partial charge is 0.457 e. The number of carbonyl (C=O) groups is 1. The van der Waals surface area contributed by atoms with Crippen LogP contribution < -0.4 is 16.2 Å². The van der Waals surface area contributed by atoms with E-state index in [1.54, 1.807) is 18.2 Å². The number of rotatable bonds is 3. The topological polar surface area (TPSA) is 78.3 Å². The number of hydrogen-bond donors (Lipinski definition) is 2. The van der Waals surface area contributed by atoms with Crippen LogP contribution >= 0.6 is 0 Å². The maximum Gasteiger partial charge on any atom is 0.250 e. The van der Waals surface area contributed by atoms with Gasteiger partial charge in [-0.1, -0.05) is 17.7 Å². The highest BCUT2D eigenvalue weighted by Gasteiger charge is 2.08. The lowest BCUT2D eigenvalue weighted by atomic mass is 10.1. The van der Waals surface area contributed by atoms with Crippen molar-refractivity contribution in [1.29, 1.82) is 0 Å². The third kappa shape index (κ3) is 2.85. The zero-order valence-electron chi connectivity index (χ0n) is 10.9. The first kappa shape index (κ1) is 13.0. The number of aryl methyl sites for hydroxylation is 2. The summed E-state index contributed by atoms with van der Waals surface area (Å²) in [4.78, 5) is 11.2. The van der Waals surface area contributed by atoms with Crippen molar-refractivity contribution < 1.29 is 9.53 Å². The highest BCUT2D eigenvalue weighted by molar-refractivity contribution is 5.98. The number of anilines is 1. The molecule has 0 aliphatic heterocycles. The van der Waals surface area contributed by atoms with Crippen LogP contribution in [0.5, 0.6) is 11.5 Å². The van der Waals surface area contributed by atoms with Crippen molar-refractivity contribution in [2.45, 2.75) is 13.8 Å². The van der Waals surface area contributed by atoms with Crippen LogP contribution in [0.4, 0.5) is 5.69 Å². The fourth-order valence-electron chi connectivity index (χ4n) is 1.85. The van der Waals surface area contributed by atoms with Gasteiger partial charge < -0.3 is 16.2 Å². The number of carbonyl (C=O) groups excluding carboxylic acids is 1. The second-order valence-corrected chi connectivity index (χ2v) is 4.48. The fraction of sp³-hybridized carbons (Fsp3) is 0.133. The van der Waals surface area contributed by atoms with Crippen molar-refractivity contribution in [2.24, 2.45) is 5.73 Å². The summed E-state index contributed by atoms with van der Waals surface area (Å²) in [5.74, 6) is 0.712. The summed E-state index contributed by atoms with van der Waals surface area (Å²) >= 11 is 0. The molecule has 0 aliphatic carbocycles. The molecule has 0 unspecified atom stereocenters. The number of nitrogens with two attached hydrogens (primary N) is 2. The van der Waals surface area contributed by atoms with Crippen molar-refractivity contribution in [3.63, 3.8) is 0 Å². The van der Waals surface area contributed by atoms with Crippen LogP contribution in [0, 0.1) is 13.8 Å². The fourth-order valence-corrected chi connectivity index (χ4v) is 1.85. The Labute approximate surface area is 112 Å². The van der Waals surface area contributed by atoms with Crippen LogP contribution in [-0.4, -0.2) is 5.91 Å². The Kier molecular flexibility index (Phi) is 3.42. The van der Waals surface area contributed by atoms with Crippen molar-refractivity contribution in [2.75, 3.05) is 5.73 Å². The minimum atomic E-state index is -0.566. The molecular weight excluding hydrogens is 240 g/mol. The van der Waals surface area contributed by atoms with E-state index in [0.29, 0.717) is 11.4 Å². The van der Waals surface area contributed by atoms with E-state index in [2.05, 4.69) is 0 Å². The monoisotopic (exact) mass is 256 g/mol. The van der Waals surface area contributed by atoms with Gasteiger partial charge >= 0.3 is 0 Å². The molecule has 0 bridgehead atoms. The van der Waals surface area contributed by atoms with Crippen molar-refractivity contribution >= 4 is 11.6 Å². The molecule has 2 aromatic rings. The van der Waals surface area contributed by atoms with Crippen molar-refractivity contribution in [3.05, 3.63) is 53.1 Å². The van der Waals surface area contributed by atoms with Crippen molar-refractivity contribution in [1.82, 2.24) is 0 Å². The Morgan fingerprint density at radius 2 is 1.84 bits per heavy atom. The quantitative estimate of drug-likeness (QED) is 0.829. The number of hydrogen-bond acceptors (Lipinski definition) is 3. The van der Waals surface area contributed by atoms with Gasteiger partial charge in [0.2, 0.25) is 0 Å². The Morgan fingerprint density at radius 1 is 1.11 bits per heavy atom. The lowest BCUT2D eigenvalue weighted by molar-refractivity contribution is 0.100. The van der Waals surface area contributed by atoms with Crippen LogP contribution in [0.15, 0.2) is 36.4 Å². The number of nitrogen functional groups attached to an aromatic ring is 1. The second-order valence-electron chi connectivity index (χ2n) is 4.48. The minimum absolute atomic E-state index is 0.266. The summed E-state index contributed by atoms with van der Waals surface area (Å²) in [5, 5.41) is 0. The molecular formula is C15H16N2O2. The van der Waals surface area contributed by atoms with Crippen LogP contribution in [-0.2, 0) is 0 Å². The molecule has 4 heteroatoms. The third-order valence-electron chi connectivity index (χ3n) is 2.85. The molecule has 1 amide bonds. The van der Waals surface area contributed by atoms with E-state index >= 15 is 0 Å². The molecule has 0 saturated heterocycles.